The van der Waals surface area contributed by atoms with Gasteiger partial charge in [0.2, 0.25) is 0 Å². The molecule has 1 aliphatic rings. The number of hydrogen-bond donors (Lipinski definition) is 2. The van der Waals surface area contributed by atoms with Crippen LogP contribution in [0.5, 0.6) is 0 Å². The van der Waals surface area contributed by atoms with Gasteiger partial charge in [-0.15, -0.1) is 0 Å². The van der Waals surface area contributed by atoms with E-state index in [1.165, 1.54) is 0 Å². The minimum absolute atomic E-state index is 0.326. The maximum absolute atomic E-state index is 13.2. The highest BCUT2D eigenvalue weighted by molar-refractivity contribution is 5.84. The van der Waals surface area contributed by atoms with E-state index < -0.39 is 17.7 Å². The molecule has 1 rings (SSSR count). The van der Waals surface area contributed by atoms with Gasteiger partial charge in [0.15, 0.2) is 5.84 Å². The van der Waals surface area contributed by atoms with Crippen LogP contribution in [0.2, 0.25) is 0 Å². The fraction of sp³-hybridized carbons (Fsp3) is 0.875. The maximum atomic E-state index is 13.2. The van der Waals surface area contributed by atoms with Crippen LogP contribution >= 0.6 is 0 Å². The molecule has 1 saturated heterocycles. The quantitative estimate of drug-likeness (QED) is 0.503. The zero-order valence-electron chi connectivity index (χ0n) is 7.69. The Morgan fingerprint density at radius 2 is 2.23 bits per heavy atom. The second-order valence-corrected chi connectivity index (χ2v) is 3.64. The lowest BCUT2D eigenvalue weighted by Crippen LogP contribution is -2.48. The molecule has 76 valence electrons. The summed E-state index contributed by atoms with van der Waals surface area (Å²) in [5.74, 6) is -4.93. The number of nitrogens with one attached hydrogen (secondary N) is 1. The lowest BCUT2D eigenvalue weighted by atomic mass is 9.91. The molecule has 1 unspecified atom stereocenters. The third-order valence-electron chi connectivity index (χ3n) is 2.50. The van der Waals surface area contributed by atoms with Crippen molar-refractivity contribution in [3.63, 3.8) is 0 Å². The Labute approximate surface area is 76.4 Å². The number of nitrogens with two attached hydrogens (primary N) is 1. The molecule has 3 N–H and O–H groups in total. The number of nitrogens with zero attached hydrogens (tertiary/aromatic N) is 1. The van der Waals surface area contributed by atoms with Crippen LogP contribution in [0.1, 0.15) is 12.8 Å². The van der Waals surface area contributed by atoms with E-state index in [4.69, 9.17) is 11.1 Å². The van der Waals surface area contributed by atoms with Crippen LogP contribution in [0.4, 0.5) is 8.78 Å². The van der Waals surface area contributed by atoms with Gasteiger partial charge >= 0.3 is 5.92 Å². The molecule has 0 aromatic heterocycles. The Bertz CT molecular complexity index is 206. The first-order valence-electron chi connectivity index (χ1n) is 4.35. The average molecular weight is 191 g/mol. The van der Waals surface area contributed by atoms with Crippen LogP contribution in [0.25, 0.3) is 0 Å². The third-order valence-corrected chi connectivity index (χ3v) is 2.50. The highest BCUT2D eigenvalue weighted by Gasteiger charge is 2.43. The molecule has 0 amide bonds. The summed E-state index contributed by atoms with van der Waals surface area (Å²) in [4.78, 5) is 1.85. The zero-order valence-corrected chi connectivity index (χ0v) is 7.69. The summed E-state index contributed by atoms with van der Waals surface area (Å²) < 4.78 is 26.5. The van der Waals surface area contributed by atoms with Crippen LogP contribution in [0.15, 0.2) is 0 Å². The summed E-state index contributed by atoms with van der Waals surface area (Å²) in [7, 11) is 1.81. The minimum Gasteiger partial charge on any atom is -0.383 e. The average Bonchev–Trinajstić information content (AvgIpc) is 2.04. The van der Waals surface area contributed by atoms with Gasteiger partial charge < -0.3 is 10.6 Å². The largest absolute Gasteiger partial charge is 0.383 e. The van der Waals surface area contributed by atoms with Gasteiger partial charge in [0.05, 0.1) is 0 Å². The standard InChI is InChI=1S/C8H15F2N3/c1-13-4-2-3-6(5-13)8(9,10)7(11)12/h6H,2-5H2,1H3,(H3,11,12). The summed E-state index contributed by atoms with van der Waals surface area (Å²) in [6, 6.07) is 0. The molecule has 0 radical (unpaired) electrons. The van der Waals surface area contributed by atoms with Crippen molar-refractivity contribution in [3.05, 3.63) is 0 Å². The summed E-state index contributed by atoms with van der Waals surface area (Å²) in [6.07, 6.45) is 1.21. The van der Waals surface area contributed by atoms with E-state index in [-0.39, 0.29) is 0 Å². The highest BCUT2D eigenvalue weighted by Crippen LogP contribution is 2.31. The molecular weight excluding hydrogens is 176 g/mol. The second-order valence-electron chi connectivity index (χ2n) is 3.64. The molecule has 1 fully saturated rings. The van der Waals surface area contributed by atoms with E-state index in [2.05, 4.69) is 0 Å². The van der Waals surface area contributed by atoms with Crippen molar-refractivity contribution in [2.75, 3.05) is 20.1 Å². The molecule has 1 aliphatic heterocycles. The van der Waals surface area contributed by atoms with Crippen LogP contribution in [-0.2, 0) is 0 Å². The van der Waals surface area contributed by atoms with E-state index >= 15 is 0 Å². The van der Waals surface area contributed by atoms with Crippen LogP contribution in [-0.4, -0.2) is 36.8 Å². The molecule has 13 heavy (non-hydrogen) atoms. The van der Waals surface area contributed by atoms with Gasteiger partial charge in [-0.05, 0) is 26.4 Å². The SMILES string of the molecule is CN1CCCC(C(F)(F)C(=N)N)C1. The summed E-state index contributed by atoms with van der Waals surface area (Å²) >= 11 is 0. The first-order chi connectivity index (χ1) is 5.94. The smallest absolute Gasteiger partial charge is 0.307 e. The van der Waals surface area contributed by atoms with Crippen LogP contribution < -0.4 is 5.73 Å². The molecule has 0 spiro atoms. The lowest BCUT2D eigenvalue weighted by Gasteiger charge is -2.34. The monoisotopic (exact) mass is 191 g/mol. The predicted molar refractivity (Wildman–Crippen MR) is 47.1 cm³/mol. The Morgan fingerprint density at radius 3 is 2.69 bits per heavy atom. The lowest BCUT2D eigenvalue weighted by molar-refractivity contribution is -0.0203. The summed E-state index contributed by atoms with van der Waals surface area (Å²) in [5.41, 5.74) is 4.86. The number of alkyl halides is 2. The molecule has 1 heterocycles. The Balaban J connectivity index is 2.64. The molecule has 1 atom stereocenters. The molecule has 0 bridgehead atoms. The van der Waals surface area contributed by atoms with Crippen molar-refractivity contribution in [1.82, 2.24) is 4.90 Å². The van der Waals surface area contributed by atoms with E-state index in [9.17, 15) is 8.78 Å². The zero-order chi connectivity index (χ0) is 10.1. The second kappa shape index (κ2) is 3.57. The van der Waals surface area contributed by atoms with Crippen molar-refractivity contribution in [1.29, 1.82) is 5.41 Å². The fourth-order valence-corrected chi connectivity index (χ4v) is 1.68. The van der Waals surface area contributed by atoms with Gasteiger partial charge in [-0.1, -0.05) is 0 Å². The number of rotatable bonds is 2. The first-order valence-corrected chi connectivity index (χ1v) is 4.35. The van der Waals surface area contributed by atoms with E-state index in [1.54, 1.807) is 0 Å². The number of likely N-dealkylation sites (tertiary alicyclic amines) is 1. The molecule has 5 heteroatoms. The van der Waals surface area contributed by atoms with Gasteiger partial charge in [0.25, 0.3) is 0 Å². The minimum atomic E-state index is -3.13. The van der Waals surface area contributed by atoms with Crippen molar-refractivity contribution >= 4 is 5.84 Å². The molecule has 0 aromatic rings. The van der Waals surface area contributed by atoms with Gasteiger partial charge in [-0.3, -0.25) is 5.41 Å². The summed E-state index contributed by atoms with van der Waals surface area (Å²) in [5, 5.41) is 6.81. The maximum Gasteiger partial charge on any atom is 0.307 e. The topological polar surface area (TPSA) is 53.1 Å². The summed E-state index contributed by atoms with van der Waals surface area (Å²) in [6.45, 7) is 1.18. The molecule has 0 saturated carbocycles. The highest BCUT2D eigenvalue weighted by atomic mass is 19.3. The fourth-order valence-electron chi connectivity index (χ4n) is 1.68. The normalized spacial score (nSPS) is 25.9. The Morgan fingerprint density at radius 1 is 1.62 bits per heavy atom. The number of piperidine rings is 1. The predicted octanol–water partition coefficient (Wildman–Crippen LogP) is 0.899. The Hall–Kier alpha value is -0.710. The van der Waals surface area contributed by atoms with E-state index in [1.807, 2.05) is 11.9 Å². The van der Waals surface area contributed by atoms with Crippen molar-refractivity contribution < 1.29 is 8.78 Å². The van der Waals surface area contributed by atoms with Gasteiger partial charge in [-0.25, -0.2) is 0 Å². The molecule has 3 nitrogen and oxygen atoms in total. The van der Waals surface area contributed by atoms with Crippen molar-refractivity contribution in [2.45, 2.75) is 18.8 Å². The molecule has 0 aliphatic carbocycles. The molecular formula is C8H15F2N3. The number of halogens is 2. The van der Waals surface area contributed by atoms with Crippen molar-refractivity contribution in [2.24, 2.45) is 11.7 Å². The van der Waals surface area contributed by atoms with Gasteiger partial charge in [0.1, 0.15) is 0 Å². The Kier molecular flexibility index (Phi) is 2.85. The van der Waals surface area contributed by atoms with Crippen LogP contribution in [0, 0.1) is 11.3 Å². The third kappa shape index (κ3) is 2.15. The number of amidine groups is 1. The van der Waals surface area contributed by atoms with Gasteiger partial charge in [0, 0.05) is 12.5 Å². The van der Waals surface area contributed by atoms with Gasteiger partial charge in [-0.2, -0.15) is 8.78 Å². The number of hydrogen-bond acceptors (Lipinski definition) is 2. The van der Waals surface area contributed by atoms with E-state index in [0.717, 1.165) is 13.0 Å². The van der Waals surface area contributed by atoms with Crippen LogP contribution in [0.3, 0.4) is 0 Å². The molecule has 0 aromatic carbocycles. The first kappa shape index (κ1) is 10.4. The van der Waals surface area contributed by atoms with E-state index in [0.29, 0.717) is 13.0 Å². The van der Waals surface area contributed by atoms with Crippen molar-refractivity contribution in [3.8, 4) is 0 Å².